The lowest BCUT2D eigenvalue weighted by Gasteiger charge is -2.11. The summed E-state index contributed by atoms with van der Waals surface area (Å²) in [6.07, 6.45) is 1.02. The highest BCUT2D eigenvalue weighted by molar-refractivity contribution is 8.00. The van der Waals surface area contributed by atoms with E-state index in [1.165, 1.54) is 16.5 Å². The maximum atomic E-state index is 12.7. The molecule has 1 aromatic carbocycles. The molecule has 1 aromatic heterocycles. The van der Waals surface area contributed by atoms with Crippen molar-refractivity contribution >= 4 is 50.4 Å². The first-order chi connectivity index (χ1) is 13.7. The van der Waals surface area contributed by atoms with Crippen LogP contribution in [0.15, 0.2) is 39.4 Å². The third-order valence-electron chi connectivity index (χ3n) is 4.63. The Hall–Kier alpha value is -1.84. The molecule has 0 spiro atoms. The summed E-state index contributed by atoms with van der Waals surface area (Å²) in [6.45, 7) is 4.48. The van der Waals surface area contributed by atoms with E-state index in [-0.39, 0.29) is 34.1 Å². The van der Waals surface area contributed by atoms with Gasteiger partial charge in [0.1, 0.15) is 0 Å². The van der Waals surface area contributed by atoms with Crippen LogP contribution in [0.2, 0.25) is 0 Å². The molecule has 6 nitrogen and oxygen atoms in total. The zero-order valence-corrected chi connectivity index (χ0v) is 18.8. The third-order valence-corrected chi connectivity index (χ3v) is 8.60. The van der Waals surface area contributed by atoms with Crippen LogP contribution in [0.3, 0.4) is 0 Å². The first kappa shape index (κ1) is 21.9. The van der Waals surface area contributed by atoms with Gasteiger partial charge in [-0.2, -0.15) is 0 Å². The van der Waals surface area contributed by atoms with E-state index in [9.17, 15) is 18.0 Å². The van der Waals surface area contributed by atoms with E-state index in [2.05, 4.69) is 10.6 Å². The summed E-state index contributed by atoms with van der Waals surface area (Å²) in [7, 11) is -3.63. The molecule has 9 heteroatoms. The summed E-state index contributed by atoms with van der Waals surface area (Å²) < 4.78 is 25.3. The second kappa shape index (κ2) is 9.32. The van der Waals surface area contributed by atoms with Crippen molar-refractivity contribution in [1.82, 2.24) is 5.32 Å². The first-order valence-corrected chi connectivity index (χ1v) is 12.8. The van der Waals surface area contributed by atoms with Gasteiger partial charge in [-0.1, -0.05) is 6.92 Å². The zero-order valence-electron chi connectivity index (χ0n) is 16.4. The topological polar surface area (TPSA) is 92.3 Å². The Morgan fingerprint density at radius 2 is 2.10 bits per heavy atom. The molecule has 2 amide bonds. The molecule has 1 atom stereocenters. The Morgan fingerprint density at radius 3 is 2.83 bits per heavy atom. The second-order valence-corrected chi connectivity index (χ2v) is 11.6. The smallest absolute Gasteiger partial charge is 0.225 e. The monoisotopic (exact) mass is 452 g/mol. The molecule has 0 aliphatic carbocycles. The summed E-state index contributed by atoms with van der Waals surface area (Å²) in [6, 6.07) is 6.79. The number of fused-ring (bicyclic) bond motifs is 1. The number of hydrogen-bond donors (Lipinski definition) is 2. The van der Waals surface area contributed by atoms with Crippen molar-refractivity contribution in [3.8, 4) is 0 Å². The van der Waals surface area contributed by atoms with Crippen molar-refractivity contribution in [3.63, 3.8) is 0 Å². The number of anilines is 1. The molecule has 0 saturated carbocycles. The number of hydrogen-bond acceptors (Lipinski definition) is 6. The predicted octanol–water partition coefficient (Wildman–Crippen LogP) is 3.40. The van der Waals surface area contributed by atoms with E-state index in [1.54, 1.807) is 35.2 Å². The Bertz CT molecular complexity index is 1010. The number of amides is 2. The Labute approximate surface area is 179 Å². The van der Waals surface area contributed by atoms with Gasteiger partial charge < -0.3 is 10.6 Å². The molecule has 0 fully saturated rings. The molecule has 1 aliphatic rings. The van der Waals surface area contributed by atoms with Gasteiger partial charge in [0.25, 0.3) is 0 Å². The van der Waals surface area contributed by atoms with Gasteiger partial charge in [-0.15, -0.1) is 23.1 Å². The van der Waals surface area contributed by atoms with Gasteiger partial charge in [-0.3, -0.25) is 9.59 Å². The van der Waals surface area contributed by atoms with Crippen LogP contribution >= 0.6 is 23.1 Å². The molecule has 2 heterocycles. The van der Waals surface area contributed by atoms with Crippen LogP contribution in [0.5, 0.6) is 0 Å². The maximum Gasteiger partial charge on any atom is 0.225 e. The molecule has 0 bridgehead atoms. The molecule has 2 aromatic rings. The fourth-order valence-corrected chi connectivity index (χ4v) is 6.26. The van der Waals surface area contributed by atoms with E-state index in [4.69, 9.17) is 0 Å². The number of benzene rings is 1. The number of thiophene rings is 1. The van der Waals surface area contributed by atoms with E-state index in [0.29, 0.717) is 18.7 Å². The summed E-state index contributed by atoms with van der Waals surface area (Å²) >= 11 is 3.19. The number of sulfone groups is 1. The lowest BCUT2D eigenvalue weighted by Crippen LogP contribution is -2.27. The summed E-state index contributed by atoms with van der Waals surface area (Å²) in [5, 5.41) is 7.70. The number of carbonyl (C=O) groups excluding carboxylic acids is 2. The third kappa shape index (κ3) is 5.83. The quantitative estimate of drug-likeness (QED) is 0.672. The molecule has 3 rings (SSSR count). The van der Waals surface area contributed by atoms with Crippen LogP contribution in [0.1, 0.15) is 30.2 Å². The van der Waals surface area contributed by atoms with Gasteiger partial charge in [-0.25, -0.2) is 8.42 Å². The van der Waals surface area contributed by atoms with Crippen LogP contribution in [-0.2, 0) is 25.8 Å². The molecular weight excluding hydrogens is 428 g/mol. The van der Waals surface area contributed by atoms with Crippen molar-refractivity contribution in [1.29, 1.82) is 0 Å². The van der Waals surface area contributed by atoms with E-state index in [1.807, 2.05) is 25.3 Å². The van der Waals surface area contributed by atoms with Gasteiger partial charge in [0.2, 0.25) is 11.8 Å². The van der Waals surface area contributed by atoms with Crippen molar-refractivity contribution in [2.24, 2.45) is 0 Å². The number of carbonyl (C=O) groups is 2. The molecule has 0 radical (unpaired) electrons. The number of rotatable bonds is 7. The van der Waals surface area contributed by atoms with Gasteiger partial charge in [0.15, 0.2) is 9.84 Å². The zero-order chi connectivity index (χ0) is 21.0. The van der Waals surface area contributed by atoms with Crippen molar-refractivity contribution < 1.29 is 18.0 Å². The second-order valence-electron chi connectivity index (χ2n) is 7.03. The van der Waals surface area contributed by atoms with Gasteiger partial charge >= 0.3 is 0 Å². The summed E-state index contributed by atoms with van der Waals surface area (Å²) in [5.41, 5.74) is 1.72. The summed E-state index contributed by atoms with van der Waals surface area (Å²) in [4.78, 5) is 26.2. The van der Waals surface area contributed by atoms with Crippen molar-refractivity contribution in [2.45, 2.75) is 48.2 Å². The largest absolute Gasteiger partial charge is 0.356 e. The molecule has 29 heavy (non-hydrogen) atoms. The van der Waals surface area contributed by atoms with Gasteiger partial charge in [-0.05, 0) is 48.6 Å². The SMILES string of the molecule is Cc1ccsc1CCNC(=O)CCS(=O)(=O)c1ccc2c(c1)NC(=O)C[C@@H](C)S2. The van der Waals surface area contributed by atoms with E-state index in [0.717, 1.165) is 11.3 Å². The lowest BCUT2D eigenvalue weighted by atomic mass is 10.2. The summed E-state index contributed by atoms with van der Waals surface area (Å²) in [5.74, 6) is -0.679. The van der Waals surface area contributed by atoms with E-state index < -0.39 is 9.84 Å². The fourth-order valence-electron chi connectivity index (χ4n) is 3.03. The van der Waals surface area contributed by atoms with Crippen molar-refractivity contribution in [3.05, 3.63) is 40.1 Å². The molecule has 2 N–H and O–H groups in total. The predicted molar refractivity (Wildman–Crippen MR) is 117 cm³/mol. The highest BCUT2D eigenvalue weighted by Crippen LogP contribution is 2.36. The highest BCUT2D eigenvalue weighted by atomic mass is 32.2. The molecule has 0 unspecified atom stereocenters. The Morgan fingerprint density at radius 1 is 1.31 bits per heavy atom. The minimum Gasteiger partial charge on any atom is -0.356 e. The highest BCUT2D eigenvalue weighted by Gasteiger charge is 2.22. The first-order valence-electron chi connectivity index (χ1n) is 9.37. The number of thioether (sulfide) groups is 1. The molecule has 156 valence electrons. The average molecular weight is 453 g/mol. The van der Waals surface area contributed by atoms with Gasteiger partial charge in [0, 0.05) is 34.4 Å². The van der Waals surface area contributed by atoms with Crippen LogP contribution in [0.25, 0.3) is 0 Å². The average Bonchev–Trinajstić information content (AvgIpc) is 2.99. The standard InChI is InChI=1S/C20H24N2O4S3/c1-13-6-9-27-17(13)5-8-21-19(23)7-10-29(25,26)15-3-4-18-16(12-15)22-20(24)11-14(2)28-18/h3-4,6,9,12,14H,5,7-8,10-11H2,1-2H3,(H,21,23)(H,22,24)/t14-/m1/s1. The van der Waals surface area contributed by atoms with Crippen LogP contribution < -0.4 is 10.6 Å². The maximum absolute atomic E-state index is 12.7. The Balaban J connectivity index is 1.57. The molecular formula is C20H24N2O4S3. The van der Waals surface area contributed by atoms with Crippen LogP contribution in [0.4, 0.5) is 5.69 Å². The minimum atomic E-state index is -3.63. The Kier molecular flexibility index (Phi) is 7.02. The number of nitrogens with one attached hydrogen (secondary N) is 2. The van der Waals surface area contributed by atoms with Crippen LogP contribution in [0, 0.1) is 6.92 Å². The van der Waals surface area contributed by atoms with Gasteiger partial charge in [0.05, 0.1) is 16.3 Å². The minimum absolute atomic E-state index is 0.0962. The number of aryl methyl sites for hydroxylation is 1. The van der Waals surface area contributed by atoms with Crippen molar-refractivity contribution in [2.75, 3.05) is 17.6 Å². The van der Waals surface area contributed by atoms with E-state index >= 15 is 0 Å². The molecule has 0 saturated heterocycles. The molecule has 1 aliphatic heterocycles. The fraction of sp³-hybridized carbons (Fsp3) is 0.400. The van der Waals surface area contributed by atoms with Crippen LogP contribution in [-0.4, -0.2) is 37.8 Å². The normalized spacial score (nSPS) is 16.6. The lowest BCUT2D eigenvalue weighted by molar-refractivity contribution is -0.120.